The molecule has 66 valence electrons. The fourth-order valence-corrected chi connectivity index (χ4v) is 1.30. The van der Waals surface area contributed by atoms with E-state index in [-0.39, 0.29) is 12.1 Å². The first kappa shape index (κ1) is 9.23. The maximum Gasteiger partial charge on any atom is 0.0969 e. The normalized spacial score (nSPS) is 15.6. The third-order valence-corrected chi connectivity index (χ3v) is 1.86. The highest BCUT2D eigenvalue weighted by atomic mass is 16.5. The molecule has 0 aliphatic rings. The molecular formula is C10H15NO. The lowest BCUT2D eigenvalue weighted by Gasteiger charge is -2.19. The van der Waals surface area contributed by atoms with E-state index in [0.717, 1.165) is 5.56 Å². The standard InChI is InChI=1S/C10H15NO/c1-8(11)10(12-2)9-6-4-3-5-7-9/h3-8,10H,11H2,1-2H3/t8-,10?/m0/s1. The molecule has 0 heterocycles. The SMILES string of the molecule is COC(c1ccccc1)[C@H](C)N. The third kappa shape index (κ3) is 2.06. The Morgan fingerprint density at radius 3 is 2.25 bits per heavy atom. The molecule has 0 spiro atoms. The lowest BCUT2D eigenvalue weighted by Crippen LogP contribution is -2.25. The van der Waals surface area contributed by atoms with Crippen molar-refractivity contribution in [3.63, 3.8) is 0 Å². The zero-order chi connectivity index (χ0) is 8.97. The summed E-state index contributed by atoms with van der Waals surface area (Å²) in [6.07, 6.45) is 0.00574. The number of benzene rings is 1. The Balaban J connectivity index is 2.80. The molecule has 0 amide bonds. The van der Waals surface area contributed by atoms with E-state index in [1.54, 1.807) is 7.11 Å². The van der Waals surface area contributed by atoms with E-state index in [9.17, 15) is 0 Å². The van der Waals surface area contributed by atoms with Crippen LogP contribution in [0.25, 0.3) is 0 Å². The first-order valence-electron chi connectivity index (χ1n) is 4.09. The first-order chi connectivity index (χ1) is 5.75. The Kier molecular flexibility index (Phi) is 3.26. The molecule has 2 N–H and O–H groups in total. The Hall–Kier alpha value is -0.860. The highest BCUT2D eigenvalue weighted by Crippen LogP contribution is 2.18. The van der Waals surface area contributed by atoms with Crippen molar-refractivity contribution in [3.8, 4) is 0 Å². The molecular weight excluding hydrogens is 150 g/mol. The molecule has 1 rings (SSSR count). The molecule has 0 aromatic heterocycles. The van der Waals surface area contributed by atoms with Gasteiger partial charge >= 0.3 is 0 Å². The third-order valence-electron chi connectivity index (χ3n) is 1.86. The number of rotatable bonds is 3. The van der Waals surface area contributed by atoms with Gasteiger partial charge < -0.3 is 10.5 Å². The molecule has 0 saturated carbocycles. The number of methoxy groups -OCH3 is 1. The minimum atomic E-state index is 0.00574. The Bertz CT molecular complexity index is 221. The average Bonchev–Trinajstić information content (AvgIpc) is 2.07. The van der Waals surface area contributed by atoms with Gasteiger partial charge in [-0.15, -0.1) is 0 Å². The largest absolute Gasteiger partial charge is 0.375 e. The molecule has 2 heteroatoms. The van der Waals surface area contributed by atoms with Crippen LogP contribution in [0.5, 0.6) is 0 Å². The first-order valence-corrected chi connectivity index (χ1v) is 4.09. The summed E-state index contributed by atoms with van der Waals surface area (Å²) in [5, 5.41) is 0. The number of hydrogen-bond donors (Lipinski definition) is 1. The minimum absolute atomic E-state index is 0.00574. The topological polar surface area (TPSA) is 35.2 Å². The van der Waals surface area contributed by atoms with E-state index in [1.807, 2.05) is 37.3 Å². The highest BCUT2D eigenvalue weighted by molar-refractivity contribution is 5.18. The van der Waals surface area contributed by atoms with Gasteiger partial charge in [-0.25, -0.2) is 0 Å². The molecule has 0 aliphatic carbocycles. The predicted octanol–water partition coefficient (Wildman–Crippen LogP) is 1.72. The van der Waals surface area contributed by atoms with Crippen LogP contribution in [0.4, 0.5) is 0 Å². The molecule has 0 fully saturated rings. The summed E-state index contributed by atoms with van der Waals surface area (Å²) in [7, 11) is 1.68. The van der Waals surface area contributed by atoms with Gasteiger partial charge in [0.1, 0.15) is 0 Å². The van der Waals surface area contributed by atoms with Gasteiger partial charge in [-0.1, -0.05) is 30.3 Å². The maximum atomic E-state index is 5.75. The summed E-state index contributed by atoms with van der Waals surface area (Å²) in [5.74, 6) is 0. The second-order valence-corrected chi connectivity index (χ2v) is 2.93. The molecule has 2 nitrogen and oxygen atoms in total. The second kappa shape index (κ2) is 4.24. The van der Waals surface area contributed by atoms with Crippen molar-refractivity contribution < 1.29 is 4.74 Å². The van der Waals surface area contributed by atoms with Gasteiger partial charge in [-0.05, 0) is 12.5 Å². The van der Waals surface area contributed by atoms with E-state index in [2.05, 4.69) is 0 Å². The van der Waals surface area contributed by atoms with Crippen molar-refractivity contribution >= 4 is 0 Å². The summed E-state index contributed by atoms with van der Waals surface area (Å²) in [4.78, 5) is 0. The zero-order valence-electron chi connectivity index (χ0n) is 7.53. The van der Waals surface area contributed by atoms with E-state index >= 15 is 0 Å². The van der Waals surface area contributed by atoms with E-state index in [0.29, 0.717) is 0 Å². The van der Waals surface area contributed by atoms with Crippen molar-refractivity contribution in [3.05, 3.63) is 35.9 Å². The van der Waals surface area contributed by atoms with Crippen molar-refractivity contribution in [2.45, 2.75) is 19.1 Å². The molecule has 0 radical (unpaired) electrons. The Morgan fingerprint density at radius 2 is 1.83 bits per heavy atom. The van der Waals surface area contributed by atoms with Crippen LogP contribution < -0.4 is 5.73 Å². The molecule has 0 aliphatic heterocycles. The second-order valence-electron chi connectivity index (χ2n) is 2.93. The van der Waals surface area contributed by atoms with Gasteiger partial charge in [-0.2, -0.15) is 0 Å². The van der Waals surface area contributed by atoms with Gasteiger partial charge in [0.05, 0.1) is 6.10 Å². The molecule has 0 saturated heterocycles. The van der Waals surface area contributed by atoms with Crippen LogP contribution in [0.3, 0.4) is 0 Å². The van der Waals surface area contributed by atoms with Crippen molar-refractivity contribution in [2.24, 2.45) is 5.73 Å². The Labute approximate surface area is 73.3 Å². The van der Waals surface area contributed by atoms with Crippen LogP contribution in [0.15, 0.2) is 30.3 Å². The van der Waals surface area contributed by atoms with Gasteiger partial charge in [-0.3, -0.25) is 0 Å². The van der Waals surface area contributed by atoms with Crippen LogP contribution in [0, 0.1) is 0 Å². The minimum Gasteiger partial charge on any atom is -0.375 e. The maximum absolute atomic E-state index is 5.75. The van der Waals surface area contributed by atoms with Crippen LogP contribution >= 0.6 is 0 Å². The summed E-state index contributed by atoms with van der Waals surface area (Å²) < 4.78 is 5.27. The molecule has 1 aromatic carbocycles. The summed E-state index contributed by atoms with van der Waals surface area (Å²) in [6, 6.07) is 10.0. The monoisotopic (exact) mass is 165 g/mol. The lowest BCUT2D eigenvalue weighted by atomic mass is 10.0. The fourth-order valence-electron chi connectivity index (χ4n) is 1.30. The average molecular weight is 165 g/mol. The fraction of sp³-hybridized carbons (Fsp3) is 0.400. The zero-order valence-corrected chi connectivity index (χ0v) is 7.53. The molecule has 1 aromatic rings. The van der Waals surface area contributed by atoms with Crippen LogP contribution in [0.2, 0.25) is 0 Å². The number of nitrogens with two attached hydrogens (primary N) is 1. The van der Waals surface area contributed by atoms with Gasteiger partial charge in [0.2, 0.25) is 0 Å². The van der Waals surface area contributed by atoms with Crippen LogP contribution in [-0.2, 0) is 4.74 Å². The van der Waals surface area contributed by atoms with E-state index < -0.39 is 0 Å². The van der Waals surface area contributed by atoms with Crippen molar-refractivity contribution in [2.75, 3.05) is 7.11 Å². The van der Waals surface area contributed by atoms with E-state index in [4.69, 9.17) is 10.5 Å². The number of ether oxygens (including phenoxy) is 1. The van der Waals surface area contributed by atoms with Gasteiger partial charge in [0, 0.05) is 13.2 Å². The molecule has 1 unspecified atom stereocenters. The highest BCUT2D eigenvalue weighted by Gasteiger charge is 2.13. The van der Waals surface area contributed by atoms with Crippen molar-refractivity contribution in [1.29, 1.82) is 0 Å². The quantitative estimate of drug-likeness (QED) is 0.740. The number of hydrogen-bond acceptors (Lipinski definition) is 2. The molecule has 2 atom stereocenters. The Morgan fingerprint density at radius 1 is 1.25 bits per heavy atom. The lowest BCUT2D eigenvalue weighted by molar-refractivity contribution is 0.0854. The van der Waals surface area contributed by atoms with Crippen LogP contribution in [0.1, 0.15) is 18.6 Å². The smallest absolute Gasteiger partial charge is 0.0969 e. The summed E-state index contributed by atoms with van der Waals surface area (Å²) in [5.41, 5.74) is 6.89. The summed E-state index contributed by atoms with van der Waals surface area (Å²) in [6.45, 7) is 1.95. The van der Waals surface area contributed by atoms with Gasteiger partial charge in [0.25, 0.3) is 0 Å². The van der Waals surface area contributed by atoms with E-state index in [1.165, 1.54) is 0 Å². The van der Waals surface area contributed by atoms with Crippen molar-refractivity contribution in [1.82, 2.24) is 0 Å². The molecule has 0 bridgehead atoms. The summed E-state index contributed by atoms with van der Waals surface area (Å²) >= 11 is 0. The van der Waals surface area contributed by atoms with Crippen LogP contribution in [-0.4, -0.2) is 13.2 Å². The predicted molar refractivity (Wildman–Crippen MR) is 49.8 cm³/mol. The molecule has 12 heavy (non-hydrogen) atoms. The van der Waals surface area contributed by atoms with Gasteiger partial charge in [0.15, 0.2) is 0 Å².